The highest BCUT2D eigenvalue weighted by Gasteiger charge is 2.32. The number of alkyl halides is 3. The molecule has 0 aromatic heterocycles. The highest BCUT2D eigenvalue weighted by molar-refractivity contribution is 5.80. The molecular weight excluding hydrogens is 403 g/mol. The Morgan fingerprint density at radius 2 is 1.83 bits per heavy atom. The van der Waals surface area contributed by atoms with Gasteiger partial charge in [-0.1, -0.05) is 19.3 Å². The van der Waals surface area contributed by atoms with Gasteiger partial charge in [-0.3, -0.25) is 4.79 Å². The van der Waals surface area contributed by atoms with Crippen molar-refractivity contribution in [3.63, 3.8) is 0 Å². The first kappa shape index (κ1) is 23.6. The van der Waals surface area contributed by atoms with E-state index in [1.165, 1.54) is 24.3 Å². The van der Waals surface area contributed by atoms with Gasteiger partial charge < -0.3 is 25.4 Å². The molecule has 3 N–H and O–H groups in total. The number of carbonyl (C=O) groups excluding carboxylic acids is 1. The van der Waals surface area contributed by atoms with Crippen LogP contribution in [0.25, 0.3) is 0 Å². The monoisotopic (exact) mass is 431 g/mol. The topological polar surface area (TPSA) is 90.9 Å². The Labute approximate surface area is 173 Å². The Morgan fingerprint density at radius 3 is 2.40 bits per heavy atom. The first-order chi connectivity index (χ1) is 14.2. The number of hydrogen-bond donors (Lipinski definition) is 3. The van der Waals surface area contributed by atoms with Crippen molar-refractivity contribution in [2.24, 2.45) is 11.8 Å². The van der Waals surface area contributed by atoms with Gasteiger partial charge >= 0.3 is 12.5 Å². The van der Waals surface area contributed by atoms with Gasteiger partial charge in [0.15, 0.2) is 0 Å². The summed E-state index contributed by atoms with van der Waals surface area (Å²) in [5, 5.41) is 14.3. The molecule has 0 radical (unpaired) electrons. The summed E-state index contributed by atoms with van der Waals surface area (Å²) in [7, 11) is 1.67. The maximum Gasteiger partial charge on any atom is 0.573 e. The molecule has 1 fully saturated rings. The van der Waals surface area contributed by atoms with Gasteiger partial charge in [0, 0.05) is 32.4 Å². The van der Waals surface area contributed by atoms with Gasteiger partial charge in [-0.25, -0.2) is 4.79 Å². The zero-order chi connectivity index (χ0) is 22.1. The number of anilines is 1. The molecule has 2 amide bonds. The Balaban J connectivity index is 1.85. The second kappa shape index (κ2) is 10.9. The largest absolute Gasteiger partial charge is 0.573 e. The predicted octanol–water partition coefficient (Wildman–Crippen LogP) is 3.92. The van der Waals surface area contributed by atoms with Gasteiger partial charge in [0.25, 0.3) is 0 Å². The first-order valence-electron chi connectivity index (χ1n) is 9.97. The molecule has 1 saturated carbocycles. The number of halogens is 3. The summed E-state index contributed by atoms with van der Waals surface area (Å²) in [6, 6.07) is 5.34. The lowest BCUT2D eigenvalue weighted by molar-refractivity contribution is -0.274. The third-order valence-corrected chi connectivity index (χ3v) is 5.25. The highest BCUT2D eigenvalue weighted by Crippen LogP contribution is 2.31. The molecule has 1 aliphatic carbocycles. The molecule has 0 aliphatic heterocycles. The van der Waals surface area contributed by atoms with E-state index in [9.17, 15) is 22.8 Å². The van der Waals surface area contributed by atoms with Gasteiger partial charge in [0.1, 0.15) is 5.75 Å². The molecule has 0 saturated heterocycles. The van der Waals surface area contributed by atoms with E-state index < -0.39 is 18.4 Å². The van der Waals surface area contributed by atoms with E-state index >= 15 is 0 Å². The van der Waals surface area contributed by atoms with E-state index in [-0.39, 0.29) is 24.1 Å². The van der Waals surface area contributed by atoms with Gasteiger partial charge in [-0.05, 0) is 43.0 Å². The van der Waals surface area contributed by atoms with Gasteiger partial charge in [0.2, 0.25) is 5.91 Å². The summed E-state index contributed by atoms with van der Waals surface area (Å²) in [5.41, 5.74) is 0.599. The Morgan fingerprint density at radius 1 is 1.20 bits per heavy atom. The fourth-order valence-corrected chi connectivity index (χ4v) is 3.73. The molecule has 2 rings (SSSR count). The predicted molar refractivity (Wildman–Crippen MR) is 105 cm³/mol. The van der Waals surface area contributed by atoms with Crippen LogP contribution in [0.2, 0.25) is 0 Å². The number of amides is 2. The number of ether oxygens (including phenoxy) is 1. The van der Waals surface area contributed by atoms with Crippen molar-refractivity contribution in [3.05, 3.63) is 24.3 Å². The van der Waals surface area contributed by atoms with E-state index in [0.29, 0.717) is 18.8 Å². The standard InChI is InChI=1S/C20H28F3N3O4/c1-26(12-11-24-15-7-9-16(10-8-15)30-20(21,22)23)18(27)17(13-25-19(28)29)14-5-3-2-4-6-14/h7-10,14,17,24-25H,2-6,11-13H2,1H3,(H,28,29)/t17-/m1/s1. The van der Waals surface area contributed by atoms with Crippen LogP contribution in [0.1, 0.15) is 32.1 Å². The molecule has 1 atom stereocenters. The van der Waals surface area contributed by atoms with Crippen molar-refractivity contribution in [2.45, 2.75) is 38.5 Å². The molecule has 10 heteroatoms. The molecule has 0 bridgehead atoms. The van der Waals surface area contributed by atoms with Crippen LogP contribution in [-0.2, 0) is 4.79 Å². The fourth-order valence-electron chi connectivity index (χ4n) is 3.73. The quantitative estimate of drug-likeness (QED) is 0.551. The van der Waals surface area contributed by atoms with Crippen LogP contribution in [0.15, 0.2) is 24.3 Å². The molecule has 1 aromatic carbocycles. The van der Waals surface area contributed by atoms with Crippen LogP contribution in [0.5, 0.6) is 5.75 Å². The SMILES string of the molecule is CN(CCNc1ccc(OC(F)(F)F)cc1)C(=O)[C@H](CNC(=O)O)C1CCCCC1. The third-order valence-electron chi connectivity index (χ3n) is 5.25. The van der Waals surface area contributed by atoms with Gasteiger partial charge in [-0.15, -0.1) is 13.2 Å². The zero-order valence-electron chi connectivity index (χ0n) is 16.9. The molecule has 0 heterocycles. The Bertz CT molecular complexity index is 692. The van der Waals surface area contributed by atoms with Crippen LogP contribution >= 0.6 is 0 Å². The molecular formula is C20H28F3N3O4. The number of hydrogen-bond acceptors (Lipinski definition) is 4. The molecule has 168 valence electrons. The van der Waals surface area contributed by atoms with Crippen molar-refractivity contribution in [1.29, 1.82) is 0 Å². The molecule has 1 aliphatic rings. The van der Waals surface area contributed by atoms with Gasteiger partial charge in [0.05, 0.1) is 5.92 Å². The van der Waals surface area contributed by atoms with Crippen LogP contribution in [0.4, 0.5) is 23.7 Å². The van der Waals surface area contributed by atoms with Crippen molar-refractivity contribution >= 4 is 17.7 Å². The number of benzene rings is 1. The minimum Gasteiger partial charge on any atom is -0.465 e. The summed E-state index contributed by atoms with van der Waals surface area (Å²) < 4.78 is 40.4. The lowest BCUT2D eigenvalue weighted by Crippen LogP contribution is -2.44. The second-order valence-corrected chi connectivity index (χ2v) is 7.45. The zero-order valence-corrected chi connectivity index (χ0v) is 16.9. The van der Waals surface area contributed by atoms with E-state index in [4.69, 9.17) is 5.11 Å². The van der Waals surface area contributed by atoms with Crippen molar-refractivity contribution in [3.8, 4) is 5.75 Å². The van der Waals surface area contributed by atoms with Crippen LogP contribution < -0.4 is 15.4 Å². The number of nitrogens with zero attached hydrogens (tertiary/aromatic N) is 1. The van der Waals surface area contributed by atoms with E-state index in [2.05, 4.69) is 15.4 Å². The highest BCUT2D eigenvalue weighted by atomic mass is 19.4. The normalized spacial score (nSPS) is 15.9. The number of nitrogens with one attached hydrogen (secondary N) is 2. The van der Waals surface area contributed by atoms with Crippen LogP contribution in [0.3, 0.4) is 0 Å². The Hall–Kier alpha value is -2.65. The molecule has 0 unspecified atom stereocenters. The summed E-state index contributed by atoms with van der Waals surface area (Å²) in [4.78, 5) is 25.4. The lowest BCUT2D eigenvalue weighted by atomic mass is 9.79. The van der Waals surface area contributed by atoms with Crippen LogP contribution in [-0.4, -0.2) is 55.1 Å². The van der Waals surface area contributed by atoms with Crippen molar-refractivity contribution in [1.82, 2.24) is 10.2 Å². The van der Waals surface area contributed by atoms with E-state index in [1.54, 1.807) is 11.9 Å². The van der Waals surface area contributed by atoms with E-state index in [1.807, 2.05) is 0 Å². The van der Waals surface area contributed by atoms with Gasteiger partial charge in [-0.2, -0.15) is 0 Å². The first-order valence-corrected chi connectivity index (χ1v) is 9.97. The smallest absolute Gasteiger partial charge is 0.465 e. The molecule has 7 nitrogen and oxygen atoms in total. The third kappa shape index (κ3) is 8.00. The maximum absolute atomic E-state index is 12.9. The summed E-state index contributed by atoms with van der Waals surface area (Å²) >= 11 is 0. The molecule has 1 aromatic rings. The minimum absolute atomic E-state index is 0.0945. The minimum atomic E-state index is -4.73. The summed E-state index contributed by atoms with van der Waals surface area (Å²) in [6.07, 6.45) is -0.835. The summed E-state index contributed by atoms with van der Waals surface area (Å²) in [6.45, 7) is 0.860. The maximum atomic E-state index is 12.9. The lowest BCUT2D eigenvalue weighted by Gasteiger charge is -2.32. The van der Waals surface area contributed by atoms with Crippen molar-refractivity contribution in [2.75, 3.05) is 32.0 Å². The second-order valence-electron chi connectivity index (χ2n) is 7.45. The van der Waals surface area contributed by atoms with E-state index in [0.717, 1.165) is 32.1 Å². The fraction of sp³-hybridized carbons (Fsp3) is 0.600. The number of carbonyl (C=O) groups is 2. The Kier molecular flexibility index (Phi) is 8.61. The number of carboxylic acid groups (broad SMARTS) is 1. The van der Waals surface area contributed by atoms with Crippen molar-refractivity contribution < 1.29 is 32.6 Å². The molecule has 0 spiro atoms. The van der Waals surface area contributed by atoms with Crippen LogP contribution in [0, 0.1) is 11.8 Å². The number of rotatable bonds is 9. The summed E-state index contributed by atoms with van der Waals surface area (Å²) in [5.74, 6) is -0.645. The molecule has 30 heavy (non-hydrogen) atoms. The number of likely N-dealkylation sites (N-methyl/N-ethyl adjacent to an activating group) is 1. The average Bonchev–Trinajstić information content (AvgIpc) is 2.68. The average molecular weight is 431 g/mol.